The van der Waals surface area contributed by atoms with Gasteiger partial charge in [0, 0.05) is 26.7 Å². The molecule has 0 aromatic rings. The highest BCUT2D eigenvalue weighted by Gasteiger charge is 2.22. The van der Waals surface area contributed by atoms with E-state index in [-0.39, 0.29) is 12.5 Å². The van der Waals surface area contributed by atoms with Crippen molar-refractivity contribution in [3.05, 3.63) is 0 Å². The Hall–Kier alpha value is -0.610. The van der Waals surface area contributed by atoms with Crippen molar-refractivity contribution in [3.63, 3.8) is 0 Å². The zero-order chi connectivity index (χ0) is 14.1. The molecule has 1 unspecified atom stereocenters. The molecule has 0 saturated carbocycles. The summed E-state index contributed by atoms with van der Waals surface area (Å²) in [6.45, 7) is 10.5. The first-order chi connectivity index (χ1) is 8.42. The van der Waals surface area contributed by atoms with Crippen LogP contribution >= 0.6 is 0 Å². The van der Waals surface area contributed by atoms with Crippen LogP contribution in [-0.4, -0.2) is 43.7 Å². The lowest BCUT2D eigenvalue weighted by Crippen LogP contribution is -2.45. The summed E-state index contributed by atoms with van der Waals surface area (Å²) in [5.41, 5.74) is 5.56. The van der Waals surface area contributed by atoms with Crippen LogP contribution in [0.2, 0.25) is 0 Å². The van der Waals surface area contributed by atoms with Gasteiger partial charge >= 0.3 is 0 Å². The van der Waals surface area contributed by atoms with Gasteiger partial charge in [-0.15, -0.1) is 0 Å². The van der Waals surface area contributed by atoms with Crippen molar-refractivity contribution in [1.29, 1.82) is 0 Å². The molecule has 0 aromatic carbocycles. The lowest BCUT2D eigenvalue weighted by molar-refractivity contribution is -0.141. The third-order valence-corrected chi connectivity index (χ3v) is 3.04. The molecule has 4 heteroatoms. The topological polar surface area (TPSA) is 55.6 Å². The Bertz CT molecular complexity index is 214. The number of carbonyl (C=O) groups is 1. The second kappa shape index (κ2) is 9.34. The standard InChI is InChI=1S/C14H30N2O2/c1-11(2)6-8-16(9-7-12(3)4)14(17)13(10-15)18-5/h11-13H,6-10,15H2,1-5H3. The highest BCUT2D eigenvalue weighted by molar-refractivity contribution is 5.81. The number of carbonyl (C=O) groups excluding carboxylic acids is 1. The second-order valence-corrected chi connectivity index (χ2v) is 5.65. The normalized spacial score (nSPS) is 13.1. The average Bonchev–Trinajstić information content (AvgIpc) is 2.29. The summed E-state index contributed by atoms with van der Waals surface area (Å²) in [6, 6.07) is 0. The molecule has 0 fully saturated rings. The monoisotopic (exact) mass is 258 g/mol. The van der Waals surface area contributed by atoms with Crippen molar-refractivity contribution >= 4 is 5.91 Å². The molecule has 0 aliphatic rings. The molecular formula is C14H30N2O2. The van der Waals surface area contributed by atoms with E-state index >= 15 is 0 Å². The quantitative estimate of drug-likeness (QED) is 0.687. The van der Waals surface area contributed by atoms with Crippen molar-refractivity contribution in [2.45, 2.75) is 46.6 Å². The minimum atomic E-state index is -0.496. The Balaban J connectivity index is 4.46. The van der Waals surface area contributed by atoms with E-state index in [1.165, 1.54) is 0 Å². The number of methoxy groups -OCH3 is 1. The fourth-order valence-electron chi connectivity index (χ4n) is 1.66. The van der Waals surface area contributed by atoms with Gasteiger partial charge in [-0.05, 0) is 24.7 Å². The first-order valence-corrected chi connectivity index (χ1v) is 6.94. The van der Waals surface area contributed by atoms with Gasteiger partial charge in [0.1, 0.15) is 6.10 Å². The molecule has 0 heterocycles. The number of nitrogens with two attached hydrogens (primary N) is 1. The summed E-state index contributed by atoms with van der Waals surface area (Å²) in [6.07, 6.45) is 1.54. The number of amides is 1. The molecule has 4 nitrogen and oxygen atoms in total. The van der Waals surface area contributed by atoms with E-state index in [4.69, 9.17) is 10.5 Å². The molecule has 0 radical (unpaired) electrons. The molecule has 0 aliphatic carbocycles. The number of hydrogen-bond acceptors (Lipinski definition) is 3. The first-order valence-electron chi connectivity index (χ1n) is 6.94. The van der Waals surface area contributed by atoms with Gasteiger partial charge in [-0.2, -0.15) is 0 Å². The van der Waals surface area contributed by atoms with Gasteiger partial charge < -0.3 is 15.4 Å². The van der Waals surface area contributed by atoms with E-state index in [0.717, 1.165) is 25.9 Å². The molecule has 1 amide bonds. The van der Waals surface area contributed by atoms with E-state index in [0.29, 0.717) is 11.8 Å². The minimum Gasteiger partial charge on any atom is -0.370 e. The second-order valence-electron chi connectivity index (χ2n) is 5.65. The van der Waals surface area contributed by atoms with Crippen LogP contribution in [0, 0.1) is 11.8 Å². The van der Waals surface area contributed by atoms with Crippen LogP contribution in [-0.2, 0) is 9.53 Å². The predicted molar refractivity (Wildman–Crippen MR) is 75.3 cm³/mol. The number of ether oxygens (including phenoxy) is 1. The summed E-state index contributed by atoms with van der Waals surface area (Å²) in [5.74, 6) is 1.22. The Labute approximate surface area is 112 Å². The maximum atomic E-state index is 12.3. The molecule has 0 spiro atoms. The number of nitrogens with zero attached hydrogens (tertiary/aromatic N) is 1. The Morgan fingerprint density at radius 2 is 1.56 bits per heavy atom. The smallest absolute Gasteiger partial charge is 0.253 e. The highest BCUT2D eigenvalue weighted by Crippen LogP contribution is 2.09. The van der Waals surface area contributed by atoms with Crippen LogP contribution in [0.25, 0.3) is 0 Å². The van der Waals surface area contributed by atoms with E-state index in [9.17, 15) is 4.79 Å². The summed E-state index contributed by atoms with van der Waals surface area (Å²) >= 11 is 0. The van der Waals surface area contributed by atoms with Crippen molar-refractivity contribution in [1.82, 2.24) is 4.90 Å². The molecule has 108 valence electrons. The lowest BCUT2D eigenvalue weighted by atomic mass is 10.1. The third kappa shape index (κ3) is 6.97. The molecule has 0 bridgehead atoms. The SMILES string of the molecule is COC(CN)C(=O)N(CCC(C)C)CCC(C)C. The molecular weight excluding hydrogens is 228 g/mol. The molecule has 2 N–H and O–H groups in total. The Morgan fingerprint density at radius 1 is 1.11 bits per heavy atom. The highest BCUT2D eigenvalue weighted by atomic mass is 16.5. The van der Waals surface area contributed by atoms with Crippen LogP contribution in [0.1, 0.15) is 40.5 Å². The van der Waals surface area contributed by atoms with Gasteiger partial charge in [0.05, 0.1) is 0 Å². The van der Waals surface area contributed by atoms with Crippen molar-refractivity contribution in [2.24, 2.45) is 17.6 Å². The fourth-order valence-corrected chi connectivity index (χ4v) is 1.66. The van der Waals surface area contributed by atoms with Crippen LogP contribution in [0.15, 0.2) is 0 Å². The van der Waals surface area contributed by atoms with E-state index < -0.39 is 6.10 Å². The van der Waals surface area contributed by atoms with Gasteiger partial charge in [-0.25, -0.2) is 0 Å². The van der Waals surface area contributed by atoms with Crippen LogP contribution in [0.4, 0.5) is 0 Å². The summed E-state index contributed by atoms with van der Waals surface area (Å²) in [5, 5.41) is 0. The van der Waals surface area contributed by atoms with E-state index in [2.05, 4.69) is 27.7 Å². The maximum absolute atomic E-state index is 12.3. The molecule has 0 aliphatic heterocycles. The van der Waals surface area contributed by atoms with Crippen LogP contribution in [0.3, 0.4) is 0 Å². The molecule has 0 aromatic heterocycles. The Morgan fingerprint density at radius 3 is 1.83 bits per heavy atom. The third-order valence-electron chi connectivity index (χ3n) is 3.04. The van der Waals surface area contributed by atoms with Crippen LogP contribution < -0.4 is 5.73 Å². The van der Waals surface area contributed by atoms with Gasteiger partial charge in [-0.1, -0.05) is 27.7 Å². The predicted octanol–water partition coefficient (Wildman–Crippen LogP) is 1.88. The summed E-state index contributed by atoms with van der Waals surface area (Å²) < 4.78 is 5.14. The molecule has 0 saturated heterocycles. The van der Waals surface area contributed by atoms with Crippen molar-refractivity contribution < 1.29 is 9.53 Å². The van der Waals surface area contributed by atoms with E-state index in [1.54, 1.807) is 7.11 Å². The Kier molecular flexibility index (Phi) is 9.02. The average molecular weight is 258 g/mol. The molecule has 0 rings (SSSR count). The molecule has 18 heavy (non-hydrogen) atoms. The zero-order valence-electron chi connectivity index (χ0n) is 12.6. The lowest BCUT2D eigenvalue weighted by Gasteiger charge is -2.27. The summed E-state index contributed by atoms with van der Waals surface area (Å²) in [7, 11) is 1.54. The van der Waals surface area contributed by atoms with Crippen molar-refractivity contribution in [3.8, 4) is 0 Å². The summed E-state index contributed by atoms with van der Waals surface area (Å²) in [4.78, 5) is 14.2. The largest absolute Gasteiger partial charge is 0.370 e. The minimum absolute atomic E-state index is 0.0290. The number of hydrogen-bond donors (Lipinski definition) is 1. The molecule has 1 atom stereocenters. The van der Waals surface area contributed by atoms with Gasteiger partial charge in [0.25, 0.3) is 5.91 Å². The first kappa shape index (κ1) is 17.4. The van der Waals surface area contributed by atoms with Gasteiger partial charge in [0.15, 0.2) is 0 Å². The van der Waals surface area contributed by atoms with Crippen LogP contribution in [0.5, 0.6) is 0 Å². The zero-order valence-corrected chi connectivity index (χ0v) is 12.6. The van der Waals surface area contributed by atoms with Gasteiger partial charge in [-0.3, -0.25) is 4.79 Å². The van der Waals surface area contributed by atoms with Crippen molar-refractivity contribution in [2.75, 3.05) is 26.7 Å². The van der Waals surface area contributed by atoms with E-state index in [1.807, 2.05) is 4.90 Å². The maximum Gasteiger partial charge on any atom is 0.253 e. The fraction of sp³-hybridized carbons (Fsp3) is 0.929. The number of rotatable bonds is 9. The van der Waals surface area contributed by atoms with Gasteiger partial charge in [0.2, 0.25) is 0 Å².